The summed E-state index contributed by atoms with van der Waals surface area (Å²) >= 11 is 6.69. The number of nitrogens with one attached hydrogen (secondary N) is 1. The van der Waals surface area contributed by atoms with Crippen LogP contribution in [0.25, 0.3) is 22.2 Å². The minimum atomic E-state index is -0.362. The summed E-state index contributed by atoms with van der Waals surface area (Å²) in [5, 5.41) is 3.66. The highest BCUT2D eigenvalue weighted by molar-refractivity contribution is 6.34. The number of halogens is 1. The number of rotatable bonds is 4. The van der Waals surface area contributed by atoms with Crippen LogP contribution in [0.3, 0.4) is 0 Å². The van der Waals surface area contributed by atoms with Gasteiger partial charge in [0.2, 0.25) is 18.6 Å². The number of hydrogen-bond acceptors (Lipinski definition) is 7. The largest absolute Gasteiger partial charge is 0.454 e. The summed E-state index contributed by atoms with van der Waals surface area (Å²) in [4.78, 5) is 34.2. The molecule has 188 valence electrons. The van der Waals surface area contributed by atoms with Gasteiger partial charge in [0.25, 0.3) is 0 Å². The van der Waals surface area contributed by atoms with Gasteiger partial charge in [-0.1, -0.05) is 24.1 Å². The SMILES string of the molecule is C=CC(=O)NCC(=O)N1C[C@@H]2C(C#Cc3c(-c4c(Cl)ccc5c4OCO5)c4c(N)ncnc4n3C)[C@@H]2C1. The van der Waals surface area contributed by atoms with Crippen molar-refractivity contribution in [1.29, 1.82) is 0 Å². The second-order valence-corrected chi connectivity index (χ2v) is 9.65. The molecule has 3 N–H and O–H groups in total. The molecule has 37 heavy (non-hydrogen) atoms. The Morgan fingerprint density at radius 3 is 2.81 bits per heavy atom. The zero-order chi connectivity index (χ0) is 25.8. The van der Waals surface area contributed by atoms with E-state index in [0.29, 0.717) is 75.1 Å². The number of anilines is 1. The Labute approximate surface area is 217 Å². The van der Waals surface area contributed by atoms with E-state index in [2.05, 4.69) is 33.7 Å². The number of benzene rings is 1. The normalized spacial score (nSPS) is 20.8. The molecule has 1 aromatic carbocycles. The maximum absolute atomic E-state index is 12.4. The van der Waals surface area contributed by atoms with Crippen LogP contribution < -0.4 is 20.5 Å². The molecule has 0 spiro atoms. The second-order valence-electron chi connectivity index (χ2n) is 9.24. The fraction of sp³-hybridized carbons (Fsp3) is 0.308. The Hall–Kier alpha value is -4.23. The highest BCUT2D eigenvalue weighted by Crippen LogP contribution is 2.52. The zero-order valence-corrected chi connectivity index (χ0v) is 20.7. The summed E-state index contributed by atoms with van der Waals surface area (Å²) < 4.78 is 13.2. The molecule has 0 bridgehead atoms. The number of fused-ring (bicyclic) bond motifs is 3. The van der Waals surface area contributed by atoms with Crippen LogP contribution >= 0.6 is 11.6 Å². The van der Waals surface area contributed by atoms with Gasteiger partial charge in [0.15, 0.2) is 11.5 Å². The Bertz CT molecular complexity index is 1540. The Kier molecular flexibility index (Phi) is 5.46. The van der Waals surface area contributed by atoms with Gasteiger partial charge in [-0.05, 0) is 36.0 Å². The molecule has 2 amide bonds. The van der Waals surface area contributed by atoms with Crippen molar-refractivity contribution in [3.8, 4) is 34.5 Å². The van der Waals surface area contributed by atoms with Crippen molar-refractivity contribution < 1.29 is 19.1 Å². The van der Waals surface area contributed by atoms with Gasteiger partial charge < -0.3 is 30.0 Å². The molecule has 2 fully saturated rings. The van der Waals surface area contributed by atoms with Crippen molar-refractivity contribution in [2.75, 3.05) is 32.2 Å². The van der Waals surface area contributed by atoms with Gasteiger partial charge in [-0.2, -0.15) is 0 Å². The predicted octanol–water partition coefficient (Wildman–Crippen LogP) is 1.96. The molecule has 2 aromatic heterocycles. The van der Waals surface area contributed by atoms with Crippen molar-refractivity contribution in [2.24, 2.45) is 24.8 Å². The molecule has 3 aliphatic rings. The van der Waals surface area contributed by atoms with Crippen LogP contribution in [-0.2, 0) is 16.6 Å². The van der Waals surface area contributed by atoms with Gasteiger partial charge in [-0.25, -0.2) is 9.97 Å². The van der Waals surface area contributed by atoms with Crippen LogP contribution in [0.5, 0.6) is 11.5 Å². The quantitative estimate of drug-likeness (QED) is 0.399. The van der Waals surface area contributed by atoms with Gasteiger partial charge >= 0.3 is 0 Å². The number of nitrogen functional groups attached to an aromatic ring is 1. The smallest absolute Gasteiger partial charge is 0.243 e. The fourth-order valence-corrected chi connectivity index (χ4v) is 5.53. The van der Waals surface area contributed by atoms with Crippen LogP contribution in [-0.4, -0.2) is 57.7 Å². The lowest BCUT2D eigenvalue weighted by Crippen LogP contribution is -2.39. The van der Waals surface area contributed by atoms with E-state index < -0.39 is 0 Å². The topological polar surface area (TPSA) is 125 Å². The van der Waals surface area contributed by atoms with Gasteiger partial charge in [-0.15, -0.1) is 0 Å². The molecule has 1 aliphatic carbocycles. The molecule has 4 heterocycles. The Balaban J connectivity index is 1.32. The first-order valence-corrected chi connectivity index (χ1v) is 12.1. The van der Waals surface area contributed by atoms with Gasteiger partial charge in [0.1, 0.15) is 23.5 Å². The molecule has 3 aromatic rings. The van der Waals surface area contributed by atoms with Gasteiger partial charge in [-0.3, -0.25) is 9.59 Å². The van der Waals surface area contributed by atoms with E-state index in [0.717, 1.165) is 6.08 Å². The maximum atomic E-state index is 12.4. The highest BCUT2D eigenvalue weighted by atomic mass is 35.5. The van der Waals surface area contributed by atoms with E-state index in [1.54, 1.807) is 17.0 Å². The summed E-state index contributed by atoms with van der Waals surface area (Å²) in [6, 6.07) is 3.53. The fourth-order valence-electron chi connectivity index (χ4n) is 5.29. The second kappa shape index (κ2) is 8.71. The average molecular weight is 519 g/mol. The number of piperidine rings is 1. The van der Waals surface area contributed by atoms with E-state index >= 15 is 0 Å². The van der Waals surface area contributed by atoms with Crippen LogP contribution in [0.15, 0.2) is 31.1 Å². The standard InChI is InChI=1S/C26H23ClN6O4/c1-3-19(34)29-8-20(35)33-9-14-13(15(14)10-33)4-6-17-22(23-25(28)30-11-31-26(23)32(17)2)21-16(27)5-7-18-24(21)37-12-36-18/h3,5,7,11,13-15H,1,8-10,12H2,2H3,(H,29,34)(H2,28,30,31)/t13?,14-,15+. The number of amides is 2. The lowest BCUT2D eigenvalue weighted by atomic mass is 10.0. The summed E-state index contributed by atoms with van der Waals surface area (Å²) in [5.74, 6) is 8.53. The number of ether oxygens (including phenoxy) is 2. The highest BCUT2D eigenvalue weighted by Gasteiger charge is 2.56. The summed E-state index contributed by atoms with van der Waals surface area (Å²) in [6.45, 7) is 4.70. The van der Waals surface area contributed by atoms with Crippen molar-refractivity contribution in [3.63, 3.8) is 0 Å². The van der Waals surface area contributed by atoms with Crippen molar-refractivity contribution in [2.45, 2.75) is 0 Å². The maximum Gasteiger partial charge on any atom is 0.243 e. The average Bonchev–Trinajstić information content (AvgIpc) is 3.28. The molecule has 1 unspecified atom stereocenters. The van der Waals surface area contributed by atoms with Crippen LogP contribution in [0.2, 0.25) is 5.02 Å². The molecule has 11 heteroatoms. The summed E-state index contributed by atoms with van der Waals surface area (Å²) in [7, 11) is 1.88. The lowest BCUT2D eigenvalue weighted by molar-refractivity contribution is -0.131. The number of nitrogens with two attached hydrogens (primary N) is 1. The van der Waals surface area contributed by atoms with Gasteiger partial charge in [0, 0.05) is 31.6 Å². The van der Waals surface area contributed by atoms with E-state index in [1.807, 2.05) is 11.6 Å². The van der Waals surface area contributed by atoms with E-state index in [-0.39, 0.29) is 31.1 Å². The number of hydrogen-bond donors (Lipinski definition) is 2. The van der Waals surface area contributed by atoms with E-state index in [4.69, 9.17) is 26.8 Å². The minimum Gasteiger partial charge on any atom is -0.454 e. The van der Waals surface area contributed by atoms with Crippen LogP contribution in [0.1, 0.15) is 5.69 Å². The third kappa shape index (κ3) is 3.74. The van der Waals surface area contributed by atoms with Crippen LogP contribution in [0.4, 0.5) is 5.82 Å². The molecule has 0 radical (unpaired) electrons. The number of aryl methyl sites for hydroxylation is 1. The first-order valence-electron chi connectivity index (χ1n) is 11.8. The Morgan fingerprint density at radius 1 is 1.27 bits per heavy atom. The number of nitrogens with zero attached hydrogens (tertiary/aromatic N) is 4. The number of carbonyl (C=O) groups is 2. The number of carbonyl (C=O) groups excluding carboxylic acids is 2. The Morgan fingerprint density at radius 2 is 2.05 bits per heavy atom. The lowest BCUT2D eigenvalue weighted by Gasteiger charge is -2.18. The molecule has 2 aliphatic heterocycles. The number of aromatic nitrogens is 3. The zero-order valence-electron chi connectivity index (χ0n) is 20.0. The molecule has 3 atom stereocenters. The third-order valence-electron chi connectivity index (χ3n) is 7.24. The first kappa shape index (κ1) is 23.2. The van der Waals surface area contributed by atoms with Crippen molar-refractivity contribution in [1.82, 2.24) is 24.8 Å². The summed E-state index contributed by atoms with van der Waals surface area (Å²) in [5.41, 5.74) is 8.99. The molecular weight excluding hydrogens is 496 g/mol. The van der Waals surface area contributed by atoms with Crippen molar-refractivity contribution >= 4 is 40.3 Å². The molecule has 1 saturated heterocycles. The van der Waals surface area contributed by atoms with Gasteiger partial charge in [0.05, 0.1) is 22.5 Å². The summed E-state index contributed by atoms with van der Waals surface area (Å²) in [6.07, 6.45) is 2.57. The molecule has 1 saturated carbocycles. The van der Waals surface area contributed by atoms with E-state index in [9.17, 15) is 9.59 Å². The molecule has 10 nitrogen and oxygen atoms in total. The van der Waals surface area contributed by atoms with E-state index in [1.165, 1.54) is 6.33 Å². The molecule has 6 rings (SSSR count). The van der Waals surface area contributed by atoms with Crippen molar-refractivity contribution in [3.05, 3.63) is 41.8 Å². The third-order valence-corrected chi connectivity index (χ3v) is 7.55. The minimum absolute atomic E-state index is 0.0314. The number of likely N-dealkylation sites (tertiary alicyclic amines) is 1. The monoisotopic (exact) mass is 518 g/mol. The predicted molar refractivity (Wildman–Crippen MR) is 137 cm³/mol. The first-order chi connectivity index (χ1) is 17.9. The molecular formula is C26H23ClN6O4. The van der Waals surface area contributed by atoms with Crippen LogP contribution in [0, 0.1) is 29.6 Å².